The van der Waals surface area contributed by atoms with Crippen LogP contribution in [-0.2, 0) is 11.2 Å². The van der Waals surface area contributed by atoms with Gasteiger partial charge in [-0.2, -0.15) is 4.98 Å². The first-order valence-corrected chi connectivity index (χ1v) is 8.36. The Morgan fingerprint density at radius 1 is 1.13 bits per heavy atom. The Bertz CT molecular complexity index is 585. The summed E-state index contributed by atoms with van der Waals surface area (Å²) in [7, 11) is 0. The molecule has 0 radical (unpaired) electrons. The van der Waals surface area contributed by atoms with E-state index in [1.165, 1.54) is 5.56 Å². The Hall–Kier alpha value is -2.14. The van der Waals surface area contributed by atoms with Crippen molar-refractivity contribution in [1.82, 2.24) is 9.97 Å². The van der Waals surface area contributed by atoms with E-state index in [0.29, 0.717) is 12.1 Å². The van der Waals surface area contributed by atoms with E-state index in [2.05, 4.69) is 44.9 Å². The first kappa shape index (κ1) is 15.7. The van der Waals surface area contributed by atoms with Crippen molar-refractivity contribution in [3.8, 4) is 0 Å². The molecule has 2 heterocycles. The van der Waals surface area contributed by atoms with E-state index in [1.54, 1.807) is 6.20 Å². The summed E-state index contributed by atoms with van der Waals surface area (Å²) in [4.78, 5) is 8.76. The Balaban J connectivity index is 1.40. The van der Waals surface area contributed by atoms with Gasteiger partial charge in [-0.3, -0.25) is 0 Å². The van der Waals surface area contributed by atoms with E-state index >= 15 is 0 Å². The minimum Gasteiger partial charge on any atom is -0.376 e. The highest BCUT2D eigenvalue weighted by Crippen LogP contribution is 2.13. The summed E-state index contributed by atoms with van der Waals surface area (Å²) in [6.45, 7) is 2.55. The summed E-state index contributed by atoms with van der Waals surface area (Å²) >= 11 is 0. The topological polar surface area (TPSA) is 59.1 Å². The third kappa shape index (κ3) is 5.21. The van der Waals surface area contributed by atoms with Crippen LogP contribution >= 0.6 is 0 Å². The number of anilines is 2. The van der Waals surface area contributed by atoms with Crippen LogP contribution in [0.5, 0.6) is 0 Å². The molecule has 0 aliphatic carbocycles. The van der Waals surface area contributed by atoms with Gasteiger partial charge in [-0.25, -0.2) is 4.98 Å². The molecule has 122 valence electrons. The van der Waals surface area contributed by atoms with Crippen LogP contribution in [0.4, 0.5) is 11.8 Å². The van der Waals surface area contributed by atoms with Crippen LogP contribution < -0.4 is 10.6 Å². The van der Waals surface area contributed by atoms with Gasteiger partial charge in [-0.1, -0.05) is 30.3 Å². The summed E-state index contributed by atoms with van der Waals surface area (Å²) in [6, 6.07) is 12.4. The van der Waals surface area contributed by atoms with Crippen molar-refractivity contribution in [3.63, 3.8) is 0 Å². The second kappa shape index (κ2) is 8.48. The molecule has 1 fully saturated rings. The average Bonchev–Trinajstić information content (AvgIpc) is 3.12. The maximum Gasteiger partial charge on any atom is 0.224 e. The SMILES string of the molecule is c1ccc(CCCNc2nccc(NCC3CCCO3)n2)cc1. The van der Waals surface area contributed by atoms with Crippen molar-refractivity contribution in [2.45, 2.75) is 31.8 Å². The summed E-state index contributed by atoms with van der Waals surface area (Å²) in [5, 5.41) is 6.62. The van der Waals surface area contributed by atoms with Crippen molar-refractivity contribution in [3.05, 3.63) is 48.2 Å². The molecule has 1 saturated heterocycles. The molecule has 3 rings (SSSR count). The molecule has 1 aliphatic rings. The predicted molar refractivity (Wildman–Crippen MR) is 92.7 cm³/mol. The Morgan fingerprint density at radius 2 is 2.04 bits per heavy atom. The van der Waals surface area contributed by atoms with Crippen LogP contribution in [0.1, 0.15) is 24.8 Å². The van der Waals surface area contributed by atoms with Crippen LogP contribution in [0.25, 0.3) is 0 Å². The Kier molecular flexibility index (Phi) is 5.81. The minimum absolute atomic E-state index is 0.312. The molecule has 2 aromatic rings. The third-order valence-corrected chi connectivity index (χ3v) is 3.96. The molecule has 1 unspecified atom stereocenters. The zero-order chi connectivity index (χ0) is 15.7. The number of hydrogen-bond acceptors (Lipinski definition) is 5. The molecule has 0 bridgehead atoms. The van der Waals surface area contributed by atoms with Gasteiger partial charge >= 0.3 is 0 Å². The number of nitrogens with one attached hydrogen (secondary N) is 2. The second-order valence-corrected chi connectivity index (χ2v) is 5.80. The van der Waals surface area contributed by atoms with Crippen molar-refractivity contribution in [2.24, 2.45) is 0 Å². The molecule has 0 amide bonds. The van der Waals surface area contributed by atoms with Crippen molar-refractivity contribution in [2.75, 3.05) is 30.3 Å². The number of nitrogens with zero attached hydrogens (tertiary/aromatic N) is 2. The smallest absolute Gasteiger partial charge is 0.224 e. The van der Waals surface area contributed by atoms with Crippen molar-refractivity contribution < 1.29 is 4.74 Å². The normalized spacial score (nSPS) is 17.1. The van der Waals surface area contributed by atoms with E-state index < -0.39 is 0 Å². The Labute approximate surface area is 137 Å². The van der Waals surface area contributed by atoms with Gasteiger partial charge in [0.2, 0.25) is 5.95 Å². The zero-order valence-corrected chi connectivity index (χ0v) is 13.4. The van der Waals surface area contributed by atoms with E-state index in [4.69, 9.17) is 4.74 Å². The van der Waals surface area contributed by atoms with Crippen molar-refractivity contribution in [1.29, 1.82) is 0 Å². The van der Waals surface area contributed by atoms with E-state index in [1.807, 2.05) is 12.1 Å². The van der Waals surface area contributed by atoms with Gasteiger partial charge in [-0.15, -0.1) is 0 Å². The van der Waals surface area contributed by atoms with E-state index in [9.17, 15) is 0 Å². The fourth-order valence-corrected chi connectivity index (χ4v) is 2.70. The molecule has 2 N–H and O–H groups in total. The standard InChI is InChI=1S/C18H24N4O/c1-2-6-15(7-3-1)8-4-11-19-18-20-12-10-17(22-18)21-14-16-9-5-13-23-16/h1-3,6-7,10,12,16H,4-5,8-9,11,13-14H2,(H2,19,20,21,22). The molecule has 1 aliphatic heterocycles. The molecule has 0 spiro atoms. The lowest BCUT2D eigenvalue weighted by molar-refractivity contribution is 0.120. The number of aryl methyl sites for hydroxylation is 1. The number of rotatable bonds is 8. The van der Waals surface area contributed by atoms with Crippen LogP contribution in [0, 0.1) is 0 Å². The van der Waals surface area contributed by atoms with Crippen LogP contribution in [0.2, 0.25) is 0 Å². The molecule has 1 aromatic heterocycles. The molecule has 5 heteroatoms. The fourth-order valence-electron chi connectivity index (χ4n) is 2.70. The number of hydrogen-bond donors (Lipinski definition) is 2. The van der Waals surface area contributed by atoms with Gasteiger partial charge in [-0.05, 0) is 37.3 Å². The summed E-state index contributed by atoms with van der Waals surface area (Å²) < 4.78 is 5.60. The highest BCUT2D eigenvalue weighted by atomic mass is 16.5. The van der Waals surface area contributed by atoms with Crippen LogP contribution in [0.15, 0.2) is 42.6 Å². The second-order valence-electron chi connectivity index (χ2n) is 5.80. The molecule has 5 nitrogen and oxygen atoms in total. The van der Waals surface area contributed by atoms with Gasteiger partial charge in [0.25, 0.3) is 0 Å². The lowest BCUT2D eigenvalue weighted by Crippen LogP contribution is -2.19. The van der Waals surface area contributed by atoms with Gasteiger partial charge in [0.05, 0.1) is 6.10 Å². The lowest BCUT2D eigenvalue weighted by Gasteiger charge is -2.12. The highest BCUT2D eigenvalue weighted by Gasteiger charge is 2.14. The van der Waals surface area contributed by atoms with Gasteiger partial charge in [0, 0.05) is 25.9 Å². The van der Waals surface area contributed by atoms with E-state index in [0.717, 1.165) is 51.2 Å². The quantitative estimate of drug-likeness (QED) is 0.734. The molecular formula is C18H24N4O. The lowest BCUT2D eigenvalue weighted by atomic mass is 10.1. The van der Waals surface area contributed by atoms with Gasteiger partial charge in [0.1, 0.15) is 5.82 Å². The Morgan fingerprint density at radius 3 is 2.87 bits per heavy atom. The van der Waals surface area contributed by atoms with Crippen molar-refractivity contribution >= 4 is 11.8 Å². The fraction of sp³-hybridized carbons (Fsp3) is 0.444. The number of benzene rings is 1. The average molecular weight is 312 g/mol. The largest absolute Gasteiger partial charge is 0.376 e. The molecule has 1 atom stereocenters. The summed E-state index contributed by atoms with van der Waals surface area (Å²) in [6.07, 6.45) is 6.50. The van der Waals surface area contributed by atoms with Gasteiger partial charge < -0.3 is 15.4 Å². The molecular weight excluding hydrogens is 288 g/mol. The van der Waals surface area contributed by atoms with Gasteiger partial charge in [0.15, 0.2) is 0 Å². The van der Waals surface area contributed by atoms with Crippen LogP contribution in [-0.4, -0.2) is 35.8 Å². The first-order chi connectivity index (χ1) is 11.4. The zero-order valence-electron chi connectivity index (χ0n) is 13.4. The highest BCUT2D eigenvalue weighted by molar-refractivity contribution is 5.39. The maximum absolute atomic E-state index is 5.60. The molecule has 0 saturated carbocycles. The number of aromatic nitrogens is 2. The minimum atomic E-state index is 0.312. The van der Waals surface area contributed by atoms with Crippen LogP contribution in [0.3, 0.4) is 0 Å². The monoisotopic (exact) mass is 312 g/mol. The molecule has 23 heavy (non-hydrogen) atoms. The summed E-state index contributed by atoms with van der Waals surface area (Å²) in [5.41, 5.74) is 1.36. The molecule has 1 aromatic carbocycles. The number of ether oxygens (including phenoxy) is 1. The summed E-state index contributed by atoms with van der Waals surface area (Å²) in [5.74, 6) is 1.52. The third-order valence-electron chi connectivity index (χ3n) is 3.96. The van der Waals surface area contributed by atoms with E-state index in [-0.39, 0.29) is 0 Å². The predicted octanol–water partition coefficient (Wildman–Crippen LogP) is 3.11. The maximum atomic E-state index is 5.60. The first-order valence-electron chi connectivity index (χ1n) is 8.36.